The van der Waals surface area contributed by atoms with Crippen LogP contribution in [0.2, 0.25) is 5.02 Å². The molecule has 1 saturated heterocycles. The first kappa shape index (κ1) is 20.2. The van der Waals surface area contributed by atoms with Crippen LogP contribution >= 0.6 is 11.6 Å². The standard InChI is InChI=1S/C21H26ClNO3S/c1-16-12-18(14-23(16)11-10-17-4-3-5-19(22)13-17)15-26-20-6-8-21(9-7-20)27(2,24)25/h3-9,13,16,18H,10-12,14-15H2,1-2H3. The lowest BCUT2D eigenvalue weighted by atomic mass is 10.1. The summed E-state index contributed by atoms with van der Waals surface area (Å²) in [5, 5.41) is 0.787. The van der Waals surface area contributed by atoms with Crippen LogP contribution in [0, 0.1) is 5.92 Å². The Labute approximate surface area is 167 Å². The number of hydrogen-bond donors (Lipinski definition) is 0. The summed E-state index contributed by atoms with van der Waals surface area (Å²) in [5.74, 6) is 1.20. The van der Waals surface area contributed by atoms with Crippen LogP contribution in [0.15, 0.2) is 53.4 Å². The van der Waals surface area contributed by atoms with Gasteiger partial charge in [-0.15, -0.1) is 0 Å². The largest absolute Gasteiger partial charge is 0.493 e. The molecule has 2 atom stereocenters. The molecular weight excluding hydrogens is 382 g/mol. The molecule has 3 rings (SSSR count). The normalized spacial score (nSPS) is 20.7. The first-order valence-corrected chi connectivity index (χ1v) is 11.5. The molecule has 4 nitrogen and oxygen atoms in total. The molecule has 2 unspecified atom stereocenters. The number of benzene rings is 2. The molecule has 0 spiro atoms. The lowest BCUT2D eigenvalue weighted by molar-refractivity contribution is 0.234. The second kappa shape index (κ2) is 8.63. The van der Waals surface area contributed by atoms with Gasteiger partial charge in [0.15, 0.2) is 9.84 Å². The second-order valence-electron chi connectivity index (χ2n) is 7.38. The molecule has 1 heterocycles. The van der Waals surface area contributed by atoms with Crippen LogP contribution in [0.1, 0.15) is 18.9 Å². The number of nitrogens with zero attached hydrogens (tertiary/aromatic N) is 1. The quantitative estimate of drug-likeness (QED) is 0.693. The van der Waals surface area contributed by atoms with Crippen LogP contribution < -0.4 is 4.74 Å². The van der Waals surface area contributed by atoms with Crippen molar-refractivity contribution < 1.29 is 13.2 Å². The summed E-state index contributed by atoms with van der Waals surface area (Å²) in [5.41, 5.74) is 1.26. The highest BCUT2D eigenvalue weighted by atomic mass is 35.5. The lowest BCUT2D eigenvalue weighted by Crippen LogP contribution is -2.29. The molecule has 0 aliphatic carbocycles. The number of hydrogen-bond acceptors (Lipinski definition) is 4. The van der Waals surface area contributed by atoms with Crippen LogP contribution in [0.5, 0.6) is 5.75 Å². The molecule has 2 aromatic rings. The lowest BCUT2D eigenvalue weighted by Gasteiger charge is -2.21. The van der Waals surface area contributed by atoms with E-state index in [0.717, 1.165) is 31.0 Å². The molecule has 6 heteroatoms. The average Bonchev–Trinajstić information content (AvgIpc) is 2.98. The maximum Gasteiger partial charge on any atom is 0.175 e. The van der Waals surface area contributed by atoms with E-state index in [0.29, 0.717) is 29.2 Å². The van der Waals surface area contributed by atoms with E-state index in [4.69, 9.17) is 16.3 Å². The highest BCUT2D eigenvalue weighted by molar-refractivity contribution is 7.90. The smallest absolute Gasteiger partial charge is 0.175 e. The van der Waals surface area contributed by atoms with E-state index in [1.165, 1.54) is 11.8 Å². The maximum absolute atomic E-state index is 11.5. The summed E-state index contributed by atoms with van der Waals surface area (Å²) < 4.78 is 28.9. The zero-order chi connectivity index (χ0) is 19.4. The number of rotatable bonds is 7. The molecule has 27 heavy (non-hydrogen) atoms. The Morgan fingerprint density at radius 2 is 1.93 bits per heavy atom. The molecule has 146 valence electrons. The minimum atomic E-state index is -3.17. The van der Waals surface area contributed by atoms with Gasteiger partial charge in [-0.25, -0.2) is 8.42 Å². The van der Waals surface area contributed by atoms with Crippen molar-refractivity contribution in [1.82, 2.24) is 4.90 Å². The van der Waals surface area contributed by atoms with E-state index in [1.807, 2.05) is 18.2 Å². The molecule has 0 N–H and O–H groups in total. The van der Waals surface area contributed by atoms with Crippen molar-refractivity contribution in [2.75, 3.05) is 26.0 Å². The summed E-state index contributed by atoms with van der Waals surface area (Å²) in [6, 6.07) is 15.2. The van der Waals surface area contributed by atoms with Gasteiger partial charge in [0.2, 0.25) is 0 Å². The summed E-state index contributed by atoms with van der Waals surface area (Å²) in [7, 11) is -3.17. The molecule has 0 bridgehead atoms. The first-order valence-electron chi connectivity index (χ1n) is 9.22. The second-order valence-corrected chi connectivity index (χ2v) is 9.83. The van der Waals surface area contributed by atoms with Crippen molar-refractivity contribution in [2.45, 2.75) is 30.7 Å². The van der Waals surface area contributed by atoms with Crippen LogP contribution in [0.4, 0.5) is 0 Å². The fourth-order valence-corrected chi connectivity index (χ4v) is 4.46. The van der Waals surface area contributed by atoms with Gasteiger partial charge >= 0.3 is 0 Å². The van der Waals surface area contributed by atoms with Crippen LogP contribution in [0.25, 0.3) is 0 Å². The van der Waals surface area contributed by atoms with Crippen LogP contribution in [-0.4, -0.2) is 45.3 Å². The van der Waals surface area contributed by atoms with E-state index >= 15 is 0 Å². The predicted octanol–water partition coefficient (Wildman–Crippen LogP) is 4.08. The molecule has 1 aliphatic heterocycles. The first-order chi connectivity index (χ1) is 12.8. The Kier molecular flexibility index (Phi) is 6.45. The summed E-state index contributed by atoms with van der Waals surface area (Å²) in [4.78, 5) is 2.82. The van der Waals surface area contributed by atoms with Crippen molar-refractivity contribution in [3.8, 4) is 5.75 Å². The van der Waals surface area contributed by atoms with Gasteiger partial charge in [0.05, 0.1) is 11.5 Å². The van der Waals surface area contributed by atoms with E-state index in [-0.39, 0.29) is 0 Å². The fourth-order valence-electron chi connectivity index (χ4n) is 3.61. The van der Waals surface area contributed by atoms with Crippen LogP contribution in [-0.2, 0) is 16.3 Å². The zero-order valence-corrected chi connectivity index (χ0v) is 17.3. The third kappa shape index (κ3) is 5.71. The highest BCUT2D eigenvalue weighted by Crippen LogP contribution is 2.25. The SMILES string of the molecule is CC1CC(COc2ccc(S(C)(=O)=O)cc2)CN1CCc1cccc(Cl)c1. The molecule has 1 aliphatic rings. The van der Waals surface area contributed by atoms with Gasteiger partial charge in [-0.05, 0) is 61.7 Å². The Morgan fingerprint density at radius 3 is 2.59 bits per heavy atom. The van der Waals surface area contributed by atoms with Gasteiger partial charge < -0.3 is 4.74 Å². The maximum atomic E-state index is 11.5. The number of halogens is 1. The van der Waals surface area contributed by atoms with Gasteiger partial charge in [-0.3, -0.25) is 4.90 Å². The summed E-state index contributed by atoms with van der Waals surface area (Å²) in [6.45, 7) is 4.94. The molecule has 0 aromatic heterocycles. The number of sulfone groups is 1. The Morgan fingerprint density at radius 1 is 1.19 bits per heavy atom. The van der Waals surface area contributed by atoms with Gasteiger partial charge in [0.1, 0.15) is 5.75 Å². The molecule has 0 radical (unpaired) electrons. The monoisotopic (exact) mass is 407 g/mol. The van der Waals surface area contributed by atoms with Gasteiger partial charge in [0, 0.05) is 36.3 Å². The minimum absolute atomic E-state index is 0.316. The van der Waals surface area contributed by atoms with Crippen LogP contribution in [0.3, 0.4) is 0 Å². The Bertz CT molecular complexity index is 867. The zero-order valence-electron chi connectivity index (χ0n) is 15.8. The third-order valence-electron chi connectivity index (χ3n) is 5.10. The number of ether oxygens (including phenoxy) is 1. The van der Waals surface area contributed by atoms with Gasteiger partial charge in [-0.2, -0.15) is 0 Å². The molecule has 0 saturated carbocycles. The Balaban J connectivity index is 1.48. The van der Waals surface area contributed by atoms with E-state index in [9.17, 15) is 8.42 Å². The highest BCUT2D eigenvalue weighted by Gasteiger charge is 2.29. The summed E-state index contributed by atoms with van der Waals surface area (Å²) >= 11 is 6.06. The van der Waals surface area contributed by atoms with Crippen molar-refractivity contribution in [3.05, 3.63) is 59.1 Å². The van der Waals surface area contributed by atoms with Crippen molar-refractivity contribution in [1.29, 1.82) is 0 Å². The van der Waals surface area contributed by atoms with Crippen molar-refractivity contribution in [3.63, 3.8) is 0 Å². The van der Waals surface area contributed by atoms with E-state index in [1.54, 1.807) is 24.3 Å². The minimum Gasteiger partial charge on any atom is -0.493 e. The van der Waals surface area contributed by atoms with Gasteiger partial charge in [-0.1, -0.05) is 23.7 Å². The molecular formula is C21H26ClNO3S. The molecule has 0 amide bonds. The topological polar surface area (TPSA) is 46.6 Å². The van der Waals surface area contributed by atoms with Crippen molar-refractivity contribution >= 4 is 21.4 Å². The fraction of sp³-hybridized carbons (Fsp3) is 0.429. The third-order valence-corrected chi connectivity index (χ3v) is 6.47. The predicted molar refractivity (Wildman–Crippen MR) is 109 cm³/mol. The van der Waals surface area contributed by atoms with E-state index < -0.39 is 9.84 Å². The van der Waals surface area contributed by atoms with Crippen molar-refractivity contribution in [2.24, 2.45) is 5.92 Å². The molecule has 1 fully saturated rings. The number of likely N-dealkylation sites (tertiary alicyclic amines) is 1. The summed E-state index contributed by atoms with van der Waals surface area (Å²) in [6.07, 6.45) is 3.31. The van der Waals surface area contributed by atoms with Gasteiger partial charge in [0.25, 0.3) is 0 Å². The average molecular weight is 408 g/mol. The Hall–Kier alpha value is -1.56. The van der Waals surface area contributed by atoms with E-state index in [2.05, 4.69) is 17.9 Å². The molecule has 2 aromatic carbocycles.